The minimum absolute atomic E-state index is 0.00127. The van der Waals surface area contributed by atoms with Crippen LogP contribution in [0.1, 0.15) is 30.0 Å². The molecule has 1 atom stereocenters. The smallest absolute Gasteiger partial charge is 0.243 e. The van der Waals surface area contributed by atoms with Crippen LogP contribution in [0.15, 0.2) is 72.8 Å². The molecule has 0 radical (unpaired) electrons. The van der Waals surface area contributed by atoms with E-state index in [2.05, 4.69) is 5.32 Å². The number of nitrogens with zero attached hydrogens (tertiary/aromatic N) is 1. The van der Waals surface area contributed by atoms with Crippen LogP contribution in [0.5, 0.6) is 11.5 Å². The molecule has 0 saturated carbocycles. The van der Waals surface area contributed by atoms with Crippen LogP contribution in [0.3, 0.4) is 0 Å². The normalized spacial score (nSPS) is 13.1. The van der Waals surface area contributed by atoms with Crippen molar-refractivity contribution in [3.05, 3.63) is 95.3 Å². The number of carbonyl (C=O) groups excluding carboxylic acids is 2. The van der Waals surface area contributed by atoms with Crippen LogP contribution in [0.4, 0.5) is 4.39 Å². The van der Waals surface area contributed by atoms with E-state index < -0.39 is 11.9 Å². The summed E-state index contributed by atoms with van der Waals surface area (Å²) in [5, 5.41) is 2.85. The van der Waals surface area contributed by atoms with Crippen molar-refractivity contribution in [1.29, 1.82) is 0 Å². The molecule has 0 aliphatic carbocycles. The lowest BCUT2D eigenvalue weighted by Gasteiger charge is -2.31. The van der Waals surface area contributed by atoms with Crippen LogP contribution in [0.25, 0.3) is 0 Å². The average Bonchev–Trinajstić information content (AvgIpc) is 2.91. The summed E-state index contributed by atoms with van der Waals surface area (Å²) >= 11 is 0. The van der Waals surface area contributed by atoms with Crippen LogP contribution in [-0.4, -0.2) is 42.5 Å². The van der Waals surface area contributed by atoms with Crippen molar-refractivity contribution in [3.63, 3.8) is 0 Å². The zero-order chi connectivity index (χ0) is 25.3. The Morgan fingerprint density at radius 3 is 2.42 bits per heavy atom. The van der Waals surface area contributed by atoms with E-state index in [-0.39, 0.29) is 24.8 Å². The van der Waals surface area contributed by atoms with Gasteiger partial charge in [-0.15, -0.1) is 0 Å². The summed E-state index contributed by atoms with van der Waals surface area (Å²) in [6.07, 6.45) is 0.951. The number of hydrogen-bond donors (Lipinski definition) is 1. The van der Waals surface area contributed by atoms with Gasteiger partial charge in [-0.1, -0.05) is 54.6 Å². The molecule has 1 aliphatic rings. The summed E-state index contributed by atoms with van der Waals surface area (Å²) in [7, 11) is 0. The topological polar surface area (TPSA) is 67.9 Å². The van der Waals surface area contributed by atoms with E-state index in [1.807, 2.05) is 55.5 Å². The Hall–Kier alpha value is -3.87. The zero-order valence-corrected chi connectivity index (χ0v) is 20.4. The second kappa shape index (κ2) is 12.2. The minimum Gasteiger partial charge on any atom is -0.486 e. The van der Waals surface area contributed by atoms with Crippen molar-refractivity contribution in [2.45, 2.75) is 38.8 Å². The highest BCUT2D eigenvalue weighted by molar-refractivity contribution is 5.88. The van der Waals surface area contributed by atoms with Crippen molar-refractivity contribution in [2.24, 2.45) is 0 Å². The van der Waals surface area contributed by atoms with Crippen LogP contribution >= 0.6 is 0 Å². The second-order valence-corrected chi connectivity index (χ2v) is 8.69. The maximum Gasteiger partial charge on any atom is 0.243 e. The first-order chi connectivity index (χ1) is 17.5. The average molecular weight is 491 g/mol. The highest BCUT2D eigenvalue weighted by Gasteiger charge is 2.30. The van der Waals surface area contributed by atoms with Crippen molar-refractivity contribution in [3.8, 4) is 11.5 Å². The SMILES string of the molecule is CCNC(=O)C(Cc1ccccc1)N(Cc1ccccc1F)C(=O)CCc1ccc2c(c1)OCCO2. The van der Waals surface area contributed by atoms with Crippen molar-refractivity contribution >= 4 is 11.8 Å². The number of halogens is 1. The molecular weight excluding hydrogens is 459 g/mol. The Balaban J connectivity index is 1.58. The summed E-state index contributed by atoms with van der Waals surface area (Å²) in [5.74, 6) is 0.470. The Morgan fingerprint density at radius 1 is 0.944 bits per heavy atom. The maximum atomic E-state index is 14.6. The van der Waals surface area contributed by atoms with Crippen molar-refractivity contribution < 1.29 is 23.5 Å². The Kier molecular flexibility index (Phi) is 8.55. The van der Waals surface area contributed by atoms with Gasteiger partial charge in [0.1, 0.15) is 25.1 Å². The van der Waals surface area contributed by atoms with E-state index in [0.717, 1.165) is 11.1 Å². The van der Waals surface area contributed by atoms with Gasteiger partial charge < -0.3 is 19.7 Å². The molecule has 1 heterocycles. The first-order valence-corrected chi connectivity index (χ1v) is 12.3. The summed E-state index contributed by atoms with van der Waals surface area (Å²) in [5.41, 5.74) is 2.22. The maximum absolute atomic E-state index is 14.6. The zero-order valence-electron chi connectivity index (χ0n) is 20.4. The molecule has 7 heteroatoms. The van der Waals surface area contributed by atoms with Gasteiger partial charge in [-0.3, -0.25) is 9.59 Å². The fourth-order valence-corrected chi connectivity index (χ4v) is 4.29. The third-order valence-corrected chi connectivity index (χ3v) is 6.15. The van der Waals surface area contributed by atoms with E-state index in [0.29, 0.717) is 49.7 Å². The van der Waals surface area contributed by atoms with E-state index in [1.54, 1.807) is 18.2 Å². The lowest BCUT2D eigenvalue weighted by atomic mass is 10.0. The fraction of sp³-hybridized carbons (Fsp3) is 0.310. The van der Waals surface area contributed by atoms with Crippen molar-refractivity contribution in [1.82, 2.24) is 10.2 Å². The van der Waals surface area contributed by atoms with E-state index in [4.69, 9.17) is 9.47 Å². The van der Waals surface area contributed by atoms with Gasteiger partial charge in [-0.05, 0) is 42.7 Å². The predicted octanol–water partition coefficient (Wildman–Crippen LogP) is 4.31. The number of likely N-dealkylation sites (N-methyl/N-ethyl adjacent to an activating group) is 1. The largest absolute Gasteiger partial charge is 0.486 e. The number of ether oxygens (including phenoxy) is 2. The third kappa shape index (κ3) is 6.42. The van der Waals surface area contributed by atoms with Gasteiger partial charge in [0.25, 0.3) is 0 Å². The lowest BCUT2D eigenvalue weighted by molar-refractivity contribution is -0.141. The molecule has 1 aliphatic heterocycles. The molecule has 3 aromatic rings. The minimum atomic E-state index is -0.778. The molecule has 2 amide bonds. The Labute approximate surface area is 211 Å². The number of aryl methyl sites for hydroxylation is 1. The first kappa shape index (κ1) is 25.2. The van der Waals surface area contributed by atoms with Gasteiger partial charge in [0.15, 0.2) is 11.5 Å². The van der Waals surface area contributed by atoms with Crippen LogP contribution in [0.2, 0.25) is 0 Å². The van der Waals surface area contributed by atoms with E-state index >= 15 is 0 Å². The van der Waals surface area contributed by atoms with Crippen LogP contribution in [-0.2, 0) is 29.0 Å². The molecule has 1 N–H and O–H groups in total. The molecule has 0 spiro atoms. The summed E-state index contributed by atoms with van der Waals surface area (Å²) in [6.45, 7) is 3.27. The predicted molar refractivity (Wildman–Crippen MR) is 135 cm³/mol. The molecule has 4 rings (SSSR count). The van der Waals surface area contributed by atoms with Gasteiger partial charge in [0, 0.05) is 31.5 Å². The van der Waals surface area contributed by atoms with Gasteiger partial charge in [-0.25, -0.2) is 4.39 Å². The van der Waals surface area contributed by atoms with Gasteiger partial charge in [-0.2, -0.15) is 0 Å². The third-order valence-electron chi connectivity index (χ3n) is 6.15. The second-order valence-electron chi connectivity index (χ2n) is 8.69. The number of carbonyl (C=O) groups is 2. The number of fused-ring (bicyclic) bond motifs is 1. The van der Waals surface area contributed by atoms with E-state index in [1.165, 1.54) is 11.0 Å². The Bertz CT molecular complexity index is 1180. The molecule has 3 aromatic carbocycles. The molecule has 1 unspecified atom stereocenters. The van der Waals surface area contributed by atoms with Gasteiger partial charge in [0.2, 0.25) is 11.8 Å². The van der Waals surface area contributed by atoms with Gasteiger partial charge >= 0.3 is 0 Å². The number of amides is 2. The van der Waals surface area contributed by atoms with Crippen molar-refractivity contribution in [2.75, 3.05) is 19.8 Å². The fourth-order valence-electron chi connectivity index (χ4n) is 4.29. The molecule has 188 valence electrons. The molecule has 0 fully saturated rings. The van der Waals surface area contributed by atoms with Crippen LogP contribution in [0, 0.1) is 5.82 Å². The molecular formula is C29H31FN2O4. The summed E-state index contributed by atoms with van der Waals surface area (Å²) in [6, 6.07) is 20.8. The number of nitrogens with one attached hydrogen (secondary N) is 1. The number of hydrogen-bond acceptors (Lipinski definition) is 4. The van der Waals surface area contributed by atoms with E-state index in [9.17, 15) is 14.0 Å². The summed E-state index contributed by atoms with van der Waals surface area (Å²) in [4.78, 5) is 28.3. The highest BCUT2D eigenvalue weighted by Crippen LogP contribution is 2.31. The molecule has 36 heavy (non-hydrogen) atoms. The number of benzene rings is 3. The quantitative estimate of drug-likeness (QED) is 0.460. The summed E-state index contributed by atoms with van der Waals surface area (Å²) < 4.78 is 25.8. The molecule has 0 bridgehead atoms. The molecule has 0 aromatic heterocycles. The van der Waals surface area contributed by atoms with Gasteiger partial charge in [0.05, 0.1) is 0 Å². The highest BCUT2D eigenvalue weighted by atomic mass is 19.1. The standard InChI is InChI=1S/C29H31FN2O4/c1-2-31-29(34)25(18-21-8-4-3-5-9-21)32(20-23-10-6-7-11-24(23)30)28(33)15-13-22-12-14-26-27(19-22)36-17-16-35-26/h3-12,14,19,25H,2,13,15-18,20H2,1H3,(H,31,34). The molecule has 6 nitrogen and oxygen atoms in total. The molecule has 0 saturated heterocycles. The Morgan fingerprint density at radius 2 is 1.67 bits per heavy atom. The monoisotopic (exact) mass is 490 g/mol. The first-order valence-electron chi connectivity index (χ1n) is 12.3. The number of rotatable bonds is 10. The lowest BCUT2D eigenvalue weighted by Crippen LogP contribution is -2.50. The van der Waals surface area contributed by atoms with Crippen LogP contribution < -0.4 is 14.8 Å².